The van der Waals surface area contributed by atoms with Crippen molar-refractivity contribution >= 4 is 55.3 Å². The highest BCUT2D eigenvalue weighted by molar-refractivity contribution is 9.10. The van der Waals surface area contributed by atoms with Crippen LogP contribution in [0.1, 0.15) is 31.1 Å². The van der Waals surface area contributed by atoms with Crippen LogP contribution < -0.4 is 4.90 Å². The maximum absolute atomic E-state index is 13.3. The molecule has 140 valence electrons. The lowest BCUT2D eigenvalue weighted by Gasteiger charge is -2.22. The van der Waals surface area contributed by atoms with Crippen molar-refractivity contribution < 1.29 is 19.5 Å². The molecule has 0 saturated heterocycles. The summed E-state index contributed by atoms with van der Waals surface area (Å²) in [7, 11) is 0. The molecule has 3 aromatic rings. The van der Waals surface area contributed by atoms with E-state index in [0.29, 0.717) is 15.7 Å². The normalized spacial score (nSPS) is 10.4. The van der Waals surface area contributed by atoms with Gasteiger partial charge in [0, 0.05) is 14.5 Å². The van der Waals surface area contributed by atoms with Gasteiger partial charge in [0.1, 0.15) is 0 Å². The van der Waals surface area contributed by atoms with Gasteiger partial charge in [-0.25, -0.2) is 9.69 Å². The Bertz CT molecular complexity index is 1060. The van der Waals surface area contributed by atoms with Crippen molar-refractivity contribution in [2.75, 3.05) is 4.90 Å². The second kappa shape index (κ2) is 8.50. The zero-order valence-corrected chi connectivity index (χ0v) is 17.5. The highest BCUT2D eigenvalue weighted by atomic mass is 79.9. The van der Waals surface area contributed by atoms with Crippen LogP contribution in [0, 0.1) is 0 Å². The Balaban J connectivity index is 2.14. The van der Waals surface area contributed by atoms with E-state index in [0.717, 1.165) is 9.37 Å². The number of carbonyl (C=O) groups excluding carboxylic acids is 2. The molecule has 3 rings (SSSR count). The number of hydrogen-bond donors (Lipinski definition) is 1. The summed E-state index contributed by atoms with van der Waals surface area (Å²) in [5.74, 6) is -2.52. The molecule has 0 fully saturated rings. The number of anilines is 1. The van der Waals surface area contributed by atoms with E-state index in [1.54, 1.807) is 54.6 Å². The molecular formula is C21H13Br2NO4. The van der Waals surface area contributed by atoms with E-state index in [1.807, 2.05) is 0 Å². The first-order valence-corrected chi connectivity index (χ1v) is 9.69. The van der Waals surface area contributed by atoms with E-state index < -0.39 is 17.8 Å². The molecule has 0 saturated carbocycles. The summed E-state index contributed by atoms with van der Waals surface area (Å²) in [4.78, 5) is 39.0. The molecule has 0 radical (unpaired) electrons. The van der Waals surface area contributed by atoms with E-state index in [4.69, 9.17) is 0 Å². The van der Waals surface area contributed by atoms with Crippen LogP contribution in [-0.2, 0) is 0 Å². The van der Waals surface area contributed by atoms with Crippen molar-refractivity contribution in [2.24, 2.45) is 0 Å². The van der Waals surface area contributed by atoms with Crippen LogP contribution in [0.2, 0.25) is 0 Å². The van der Waals surface area contributed by atoms with Gasteiger partial charge < -0.3 is 5.11 Å². The molecule has 7 heteroatoms. The number of carbonyl (C=O) groups is 3. The van der Waals surface area contributed by atoms with Gasteiger partial charge in [-0.05, 0) is 54.6 Å². The molecule has 0 unspecified atom stereocenters. The fourth-order valence-corrected chi connectivity index (χ4v) is 3.31. The molecular weight excluding hydrogens is 490 g/mol. The van der Waals surface area contributed by atoms with Gasteiger partial charge in [-0.15, -0.1) is 0 Å². The summed E-state index contributed by atoms with van der Waals surface area (Å²) in [5, 5.41) is 9.43. The first kappa shape index (κ1) is 20.0. The molecule has 2 amide bonds. The molecule has 0 heterocycles. The first-order valence-electron chi connectivity index (χ1n) is 8.10. The maximum atomic E-state index is 13.3. The van der Waals surface area contributed by atoms with Crippen molar-refractivity contribution in [1.82, 2.24) is 0 Å². The Kier molecular flexibility index (Phi) is 6.06. The van der Waals surface area contributed by atoms with Crippen LogP contribution in [0.25, 0.3) is 0 Å². The number of hydrogen-bond acceptors (Lipinski definition) is 3. The van der Waals surface area contributed by atoms with E-state index in [2.05, 4.69) is 31.9 Å². The zero-order chi connectivity index (χ0) is 20.3. The number of aromatic carboxylic acids is 1. The average molecular weight is 503 g/mol. The second-order valence-corrected chi connectivity index (χ2v) is 7.61. The van der Waals surface area contributed by atoms with E-state index in [9.17, 15) is 19.5 Å². The molecule has 3 aromatic carbocycles. The number of amides is 2. The third-order valence-corrected chi connectivity index (χ3v) is 4.97. The number of carboxylic acid groups (broad SMARTS) is 1. The Morgan fingerprint density at radius 3 is 1.96 bits per heavy atom. The van der Waals surface area contributed by atoms with Crippen LogP contribution in [0.5, 0.6) is 0 Å². The van der Waals surface area contributed by atoms with E-state index >= 15 is 0 Å². The Labute approximate surface area is 177 Å². The van der Waals surface area contributed by atoms with Crippen LogP contribution in [-0.4, -0.2) is 22.9 Å². The van der Waals surface area contributed by atoms with Gasteiger partial charge >= 0.3 is 5.97 Å². The quantitative estimate of drug-likeness (QED) is 0.485. The Morgan fingerprint density at radius 2 is 1.36 bits per heavy atom. The summed E-state index contributed by atoms with van der Waals surface area (Å²) < 4.78 is 1.47. The van der Waals surface area contributed by atoms with Gasteiger partial charge in [-0.2, -0.15) is 0 Å². The smallest absolute Gasteiger partial charge is 0.336 e. The molecule has 1 N–H and O–H groups in total. The molecule has 28 heavy (non-hydrogen) atoms. The minimum atomic E-state index is -1.24. The molecule has 0 aliphatic carbocycles. The average Bonchev–Trinajstić information content (AvgIpc) is 2.69. The number of rotatable bonds is 4. The standard InChI is InChI=1S/C21H13Br2NO4/c22-14-8-10-16(11-9-14)24(19(25)13-4-3-5-15(23)12-13)20(26)17-6-1-2-7-18(17)21(27)28/h1-12H,(H,27,28). The largest absolute Gasteiger partial charge is 0.478 e. The summed E-state index contributed by atoms with van der Waals surface area (Å²) >= 11 is 6.64. The predicted molar refractivity (Wildman–Crippen MR) is 113 cm³/mol. The summed E-state index contributed by atoms with van der Waals surface area (Å²) in [6.07, 6.45) is 0. The summed E-state index contributed by atoms with van der Waals surface area (Å²) in [5.41, 5.74) is 0.384. The second-order valence-electron chi connectivity index (χ2n) is 5.78. The topological polar surface area (TPSA) is 74.7 Å². The van der Waals surface area contributed by atoms with Crippen LogP contribution in [0.4, 0.5) is 5.69 Å². The van der Waals surface area contributed by atoms with Gasteiger partial charge in [0.05, 0.1) is 16.8 Å². The lowest BCUT2D eigenvalue weighted by atomic mass is 10.0. The lowest BCUT2D eigenvalue weighted by Crippen LogP contribution is -2.38. The number of carboxylic acids is 1. The molecule has 0 bridgehead atoms. The van der Waals surface area contributed by atoms with Crippen molar-refractivity contribution in [3.8, 4) is 0 Å². The van der Waals surface area contributed by atoms with Gasteiger partial charge in [0.25, 0.3) is 11.8 Å². The van der Waals surface area contributed by atoms with E-state index in [1.165, 1.54) is 18.2 Å². The van der Waals surface area contributed by atoms with Crippen LogP contribution in [0.15, 0.2) is 81.7 Å². The van der Waals surface area contributed by atoms with Gasteiger partial charge in [-0.1, -0.05) is 50.1 Å². The van der Waals surface area contributed by atoms with Gasteiger partial charge in [-0.3, -0.25) is 9.59 Å². The van der Waals surface area contributed by atoms with Crippen molar-refractivity contribution in [2.45, 2.75) is 0 Å². The first-order chi connectivity index (χ1) is 13.4. The Hall–Kier alpha value is -2.77. The molecule has 0 atom stereocenters. The van der Waals surface area contributed by atoms with Crippen molar-refractivity contribution in [1.29, 1.82) is 0 Å². The molecule has 0 aliphatic rings. The third kappa shape index (κ3) is 4.21. The molecule has 0 aromatic heterocycles. The minimum Gasteiger partial charge on any atom is -0.478 e. The molecule has 5 nitrogen and oxygen atoms in total. The minimum absolute atomic E-state index is 0.0683. The highest BCUT2D eigenvalue weighted by Crippen LogP contribution is 2.25. The number of halogens is 2. The molecule has 0 spiro atoms. The van der Waals surface area contributed by atoms with E-state index in [-0.39, 0.29) is 11.1 Å². The van der Waals surface area contributed by atoms with Crippen LogP contribution in [0.3, 0.4) is 0 Å². The fourth-order valence-electron chi connectivity index (χ4n) is 2.64. The fraction of sp³-hybridized carbons (Fsp3) is 0. The summed E-state index contributed by atoms with van der Waals surface area (Å²) in [6.45, 7) is 0. The summed E-state index contributed by atoms with van der Waals surface area (Å²) in [6, 6.07) is 19.1. The maximum Gasteiger partial charge on any atom is 0.336 e. The van der Waals surface area contributed by atoms with Crippen LogP contribution >= 0.6 is 31.9 Å². The SMILES string of the molecule is O=C(O)c1ccccc1C(=O)N(C(=O)c1cccc(Br)c1)c1ccc(Br)cc1. The Morgan fingerprint density at radius 1 is 0.714 bits per heavy atom. The number of imide groups is 1. The third-order valence-electron chi connectivity index (χ3n) is 3.95. The number of nitrogens with zero attached hydrogens (tertiary/aromatic N) is 1. The predicted octanol–water partition coefficient (Wildman–Crippen LogP) is 5.40. The van der Waals surface area contributed by atoms with Crippen molar-refractivity contribution in [3.05, 3.63) is 98.4 Å². The molecule has 0 aliphatic heterocycles. The monoisotopic (exact) mass is 501 g/mol. The number of benzene rings is 3. The zero-order valence-electron chi connectivity index (χ0n) is 14.3. The lowest BCUT2D eigenvalue weighted by molar-refractivity contribution is 0.0690. The van der Waals surface area contributed by atoms with Gasteiger partial charge in [0.15, 0.2) is 0 Å². The van der Waals surface area contributed by atoms with Gasteiger partial charge in [0.2, 0.25) is 0 Å². The highest BCUT2D eigenvalue weighted by Gasteiger charge is 2.29. The van der Waals surface area contributed by atoms with Crippen molar-refractivity contribution in [3.63, 3.8) is 0 Å².